The first kappa shape index (κ1) is 14.8. The van der Waals surface area contributed by atoms with E-state index in [9.17, 15) is 5.11 Å². The predicted molar refractivity (Wildman–Crippen MR) is 80.9 cm³/mol. The fourth-order valence-electron chi connectivity index (χ4n) is 2.30. The van der Waals surface area contributed by atoms with Crippen LogP contribution < -0.4 is 5.32 Å². The summed E-state index contributed by atoms with van der Waals surface area (Å²) in [4.78, 5) is 11.1. The number of aliphatic imine (C=N–C) groups is 1. The molecule has 2 N–H and O–H groups in total. The number of aliphatic hydroxyl groups excluding tert-OH is 1. The lowest BCUT2D eigenvalue weighted by atomic mass is 10.2. The van der Waals surface area contributed by atoms with Crippen LogP contribution in [0, 0.1) is 6.92 Å². The quantitative estimate of drug-likeness (QED) is 0.635. The van der Waals surface area contributed by atoms with Gasteiger partial charge in [0.2, 0.25) is 0 Å². The van der Waals surface area contributed by atoms with Crippen LogP contribution in [0.4, 0.5) is 0 Å². The van der Waals surface area contributed by atoms with Crippen LogP contribution in [-0.2, 0) is 6.42 Å². The number of likely N-dealkylation sites (tertiary alicyclic amines) is 1. The van der Waals surface area contributed by atoms with Crippen molar-refractivity contribution in [2.45, 2.75) is 32.8 Å². The van der Waals surface area contributed by atoms with Crippen LogP contribution in [0.3, 0.4) is 0 Å². The van der Waals surface area contributed by atoms with Crippen molar-refractivity contribution in [1.29, 1.82) is 0 Å². The molecule has 20 heavy (non-hydrogen) atoms. The Kier molecular flexibility index (Phi) is 5.35. The Labute approximate surface area is 120 Å². The second-order valence-electron chi connectivity index (χ2n) is 5.18. The summed E-state index contributed by atoms with van der Waals surface area (Å²) in [5, 5.41) is 12.9. The van der Waals surface area contributed by atoms with E-state index in [1.165, 1.54) is 5.56 Å². The highest BCUT2D eigenvalue weighted by Crippen LogP contribution is 2.09. The molecule has 2 rings (SSSR count). The van der Waals surface area contributed by atoms with E-state index < -0.39 is 0 Å². The Bertz CT molecular complexity index is 444. The van der Waals surface area contributed by atoms with E-state index in [1.807, 2.05) is 19.2 Å². The molecular weight excluding hydrogens is 252 g/mol. The molecule has 1 atom stereocenters. The highest BCUT2D eigenvalue weighted by Gasteiger charge is 2.22. The minimum absolute atomic E-state index is 0.222. The Morgan fingerprint density at radius 3 is 3.00 bits per heavy atom. The Hall–Kier alpha value is -1.62. The Morgan fingerprint density at radius 1 is 1.55 bits per heavy atom. The molecule has 0 amide bonds. The molecule has 0 aromatic carbocycles. The number of hydrogen-bond donors (Lipinski definition) is 2. The summed E-state index contributed by atoms with van der Waals surface area (Å²) < 4.78 is 0. The van der Waals surface area contributed by atoms with E-state index in [-0.39, 0.29) is 6.10 Å². The number of nitrogens with zero attached hydrogens (tertiary/aromatic N) is 3. The molecule has 0 saturated carbocycles. The predicted octanol–water partition coefficient (Wildman–Crippen LogP) is 0.965. The molecule has 1 aliphatic heterocycles. The van der Waals surface area contributed by atoms with Gasteiger partial charge in [-0.05, 0) is 38.3 Å². The van der Waals surface area contributed by atoms with Gasteiger partial charge < -0.3 is 15.3 Å². The first-order chi connectivity index (χ1) is 9.69. The maximum Gasteiger partial charge on any atom is 0.194 e. The van der Waals surface area contributed by atoms with Crippen LogP contribution in [0.15, 0.2) is 23.3 Å². The second kappa shape index (κ2) is 7.24. The molecule has 2 heterocycles. The molecule has 1 aromatic heterocycles. The number of guanidine groups is 1. The third-order valence-corrected chi connectivity index (χ3v) is 3.43. The van der Waals surface area contributed by atoms with E-state index in [0.29, 0.717) is 6.54 Å². The van der Waals surface area contributed by atoms with Gasteiger partial charge >= 0.3 is 0 Å². The maximum absolute atomic E-state index is 9.61. The van der Waals surface area contributed by atoms with Gasteiger partial charge in [0.25, 0.3) is 0 Å². The molecule has 110 valence electrons. The van der Waals surface area contributed by atoms with E-state index in [4.69, 9.17) is 0 Å². The topological polar surface area (TPSA) is 60.8 Å². The highest BCUT2D eigenvalue weighted by molar-refractivity contribution is 5.80. The summed E-state index contributed by atoms with van der Waals surface area (Å²) in [6, 6.07) is 4.13. The van der Waals surface area contributed by atoms with E-state index in [2.05, 4.69) is 33.2 Å². The largest absolute Gasteiger partial charge is 0.391 e. The SMILES string of the molecule is CCNC(=NCCc1ccc(C)nc1)N1CC[C@@H](O)C1. The molecule has 0 aliphatic carbocycles. The van der Waals surface area contributed by atoms with Gasteiger partial charge in [0, 0.05) is 38.1 Å². The third kappa shape index (κ3) is 4.20. The fraction of sp³-hybridized carbons (Fsp3) is 0.600. The number of hydrogen-bond acceptors (Lipinski definition) is 3. The van der Waals surface area contributed by atoms with E-state index in [1.54, 1.807) is 0 Å². The van der Waals surface area contributed by atoms with Crippen LogP contribution in [0.25, 0.3) is 0 Å². The zero-order valence-corrected chi connectivity index (χ0v) is 12.3. The number of pyridine rings is 1. The second-order valence-corrected chi connectivity index (χ2v) is 5.18. The summed E-state index contributed by atoms with van der Waals surface area (Å²) in [6.45, 7) is 7.18. The lowest BCUT2D eigenvalue weighted by Crippen LogP contribution is -2.40. The van der Waals surface area contributed by atoms with Crippen molar-refractivity contribution in [1.82, 2.24) is 15.2 Å². The minimum atomic E-state index is -0.222. The third-order valence-electron chi connectivity index (χ3n) is 3.43. The summed E-state index contributed by atoms with van der Waals surface area (Å²) in [6.07, 6.45) is 3.41. The molecule has 1 fully saturated rings. The zero-order chi connectivity index (χ0) is 14.4. The maximum atomic E-state index is 9.61. The molecule has 1 saturated heterocycles. The fourth-order valence-corrected chi connectivity index (χ4v) is 2.30. The highest BCUT2D eigenvalue weighted by atomic mass is 16.3. The normalized spacial score (nSPS) is 19.4. The van der Waals surface area contributed by atoms with Gasteiger partial charge in [-0.1, -0.05) is 6.07 Å². The number of nitrogens with one attached hydrogen (secondary N) is 1. The first-order valence-corrected chi connectivity index (χ1v) is 7.32. The summed E-state index contributed by atoms with van der Waals surface area (Å²) in [7, 11) is 0. The van der Waals surface area contributed by atoms with Crippen molar-refractivity contribution in [2.75, 3.05) is 26.2 Å². The van der Waals surface area contributed by atoms with Gasteiger partial charge in [0.05, 0.1) is 6.10 Å². The molecule has 0 bridgehead atoms. The summed E-state index contributed by atoms with van der Waals surface area (Å²) in [5.41, 5.74) is 2.24. The van der Waals surface area contributed by atoms with Gasteiger partial charge in [-0.25, -0.2) is 0 Å². The standard InChI is InChI=1S/C15H24N4O/c1-3-16-15(19-9-7-14(20)11-19)17-8-6-13-5-4-12(2)18-10-13/h4-5,10,14,20H,3,6-9,11H2,1-2H3,(H,16,17)/t14-/m1/s1. The number of rotatable bonds is 4. The number of β-amino-alcohol motifs (C(OH)–C–C–N with tert-alkyl or cyclic N) is 1. The van der Waals surface area contributed by atoms with Crippen LogP contribution >= 0.6 is 0 Å². The lowest BCUT2D eigenvalue weighted by molar-refractivity contribution is 0.188. The molecule has 0 radical (unpaired) electrons. The Balaban J connectivity index is 1.90. The number of aliphatic hydroxyl groups is 1. The van der Waals surface area contributed by atoms with Gasteiger partial charge in [-0.3, -0.25) is 9.98 Å². The van der Waals surface area contributed by atoms with Gasteiger partial charge in [0.15, 0.2) is 5.96 Å². The average Bonchev–Trinajstić information content (AvgIpc) is 2.86. The monoisotopic (exact) mass is 276 g/mol. The molecule has 1 aromatic rings. The molecule has 0 unspecified atom stereocenters. The molecule has 5 heteroatoms. The van der Waals surface area contributed by atoms with Crippen LogP contribution in [0.2, 0.25) is 0 Å². The van der Waals surface area contributed by atoms with Crippen molar-refractivity contribution in [2.24, 2.45) is 4.99 Å². The molecule has 1 aliphatic rings. The van der Waals surface area contributed by atoms with Crippen molar-refractivity contribution >= 4 is 5.96 Å². The molecule has 0 spiro atoms. The van der Waals surface area contributed by atoms with Gasteiger partial charge in [0.1, 0.15) is 0 Å². The first-order valence-electron chi connectivity index (χ1n) is 7.32. The minimum Gasteiger partial charge on any atom is -0.391 e. The lowest BCUT2D eigenvalue weighted by Gasteiger charge is -2.20. The zero-order valence-electron chi connectivity index (χ0n) is 12.3. The van der Waals surface area contributed by atoms with Crippen molar-refractivity contribution in [3.63, 3.8) is 0 Å². The molecule has 5 nitrogen and oxygen atoms in total. The average molecular weight is 276 g/mol. The smallest absolute Gasteiger partial charge is 0.194 e. The van der Waals surface area contributed by atoms with Crippen molar-refractivity contribution < 1.29 is 5.11 Å². The van der Waals surface area contributed by atoms with Crippen LogP contribution in [0.5, 0.6) is 0 Å². The Morgan fingerprint density at radius 2 is 2.40 bits per heavy atom. The van der Waals surface area contributed by atoms with Crippen LogP contribution in [-0.4, -0.2) is 53.2 Å². The van der Waals surface area contributed by atoms with E-state index >= 15 is 0 Å². The molecular formula is C15H24N4O. The number of aryl methyl sites for hydroxylation is 1. The summed E-state index contributed by atoms with van der Waals surface area (Å²) in [5.74, 6) is 0.907. The van der Waals surface area contributed by atoms with Gasteiger partial charge in [-0.15, -0.1) is 0 Å². The summed E-state index contributed by atoms with van der Waals surface area (Å²) >= 11 is 0. The van der Waals surface area contributed by atoms with Crippen molar-refractivity contribution in [3.8, 4) is 0 Å². The van der Waals surface area contributed by atoms with Crippen LogP contribution in [0.1, 0.15) is 24.6 Å². The number of aromatic nitrogens is 1. The van der Waals surface area contributed by atoms with E-state index in [0.717, 1.165) is 44.1 Å². The van der Waals surface area contributed by atoms with Gasteiger partial charge in [-0.2, -0.15) is 0 Å². The van der Waals surface area contributed by atoms with Crippen molar-refractivity contribution in [3.05, 3.63) is 29.6 Å².